The fourth-order valence-corrected chi connectivity index (χ4v) is 4.17. The SMILES string of the molecule is CCOC(=O)CNC(=O)CNC(=O)c1cc(NC(=O)[C@@H]2CCCN2C(=O)OC(C)(C)C)ccc1COc1ccccc1. The average Bonchev–Trinajstić information content (AvgIpc) is 3.45. The van der Waals surface area contributed by atoms with Crippen molar-refractivity contribution >= 4 is 35.5 Å². The highest BCUT2D eigenvalue weighted by atomic mass is 16.6. The second-order valence-corrected chi connectivity index (χ2v) is 10.6. The first-order chi connectivity index (χ1) is 20.0. The summed E-state index contributed by atoms with van der Waals surface area (Å²) in [7, 11) is 0. The molecule has 12 heteroatoms. The molecule has 12 nitrogen and oxygen atoms in total. The fraction of sp³-hybridized carbons (Fsp3) is 0.433. The number of hydrogen-bond acceptors (Lipinski definition) is 8. The number of para-hydroxylation sites is 1. The van der Waals surface area contributed by atoms with E-state index in [0.29, 0.717) is 36.4 Å². The molecule has 0 aromatic heterocycles. The van der Waals surface area contributed by atoms with Crippen LogP contribution >= 0.6 is 0 Å². The van der Waals surface area contributed by atoms with Gasteiger partial charge >= 0.3 is 12.1 Å². The van der Waals surface area contributed by atoms with Gasteiger partial charge in [-0.1, -0.05) is 24.3 Å². The van der Waals surface area contributed by atoms with Crippen LogP contribution in [0, 0.1) is 0 Å². The summed E-state index contributed by atoms with van der Waals surface area (Å²) in [6.07, 6.45) is 0.566. The van der Waals surface area contributed by atoms with E-state index in [4.69, 9.17) is 14.2 Å². The van der Waals surface area contributed by atoms with Crippen molar-refractivity contribution in [3.8, 4) is 5.75 Å². The number of amides is 4. The first-order valence-electron chi connectivity index (χ1n) is 13.8. The second kappa shape index (κ2) is 14.9. The highest BCUT2D eigenvalue weighted by Gasteiger charge is 2.36. The van der Waals surface area contributed by atoms with Gasteiger partial charge in [0.05, 0.1) is 13.2 Å². The second-order valence-electron chi connectivity index (χ2n) is 10.6. The van der Waals surface area contributed by atoms with Crippen LogP contribution in [0.3, 0.4) is 0 Å². The van der Waals surface area contributed by atoms with E-state index in [-0.39, 0.29) is 31.9 Å². The quantitative estimate of drug-likeness (QED) is 0.342. The lowest BCUT2D eigenvalue weighted by atomic mass is 10.1. The predicted octanol–water partition coefficient (Wildman–Crippen LogP) is 3.01. The average molecular weight is 583 g/mol. The standard InChI is InChI=1S/C30H38N4O8/c1-5-40-26(36)18-31-25(35)17-32-27(37)23-16-21(14-13-20(23)19-41-22-10-7-6-8-11-22)33-28(38)24-12-9-15-34(24)29(39)42-30(2,3)4/h6-8,10-11,13-14,16,24H,5,9,12,15,17-19H2,1-4H3,(H,31,35)(H,32,37)(H,33,38)/t24-/m0/s1. The largest absolute Gasteiger partial charge is 0.489 e. The van der Waals surface area contributed by atoms with E-state index in [0.717, 1.165) is 0 Å². The smallest absolute Gasteiger partial charge is 0.410 e. The Morgan fingerprint density at radius 3 is 2.40 bits per heavy atom. The Bertz CT molecular complexity index is 1280. The molecule has 1 aliphatic heterocycles. The van der Waals surface area contributed by atoms with Gasteiger partial charge in [0.2, 0.25) is 11.8 Å². The molecule has 0 spiro atoms. The number of carbonyl (C=O) groups excluding carboxylic acids is 5. The molecule has 0 aliphatic carbocycles. The van der Waals surface area contributed by atoms with Crippen LogP contribution in [0.5, 0.6) is 5.75 Å². The minimum absolute atomic E-state index is 0.0467. The number of likely N-dealkylation sites (tertiary alicyclic amines) is 1. The number of nitrogens with zero attached hydrogens (tertiary/aromatic N) is 1. The minimum atomic E-state index is -0.721. The lowest BCUT2D eigenvalue weighted by Crippen LogP contribution is -2.45. The monoisotopic (exact) mass is 582 g/mol. The Balaban J connectivity index is 1.73. The molecule has 226 valence electrons. The van der Waals surface area contributed by atoms with Gasteiger partial charge in [-0.05, 0) is 64.8 Å². The van der Waals surface area contributed by atoms with E-state index in [1.54, 1.807) is 52.0 Å². The molecule has 2 aromatic rings. The number of benzene rings is 2. The zero-order valence-corrected chi connectivity index (χ0v) is 24.4. The number of carbonyl (C=O) groups is 5. The zero-order chi connectivity index (χ0) is 30.7. The summed E-state index contributed by atoms with van der Waals surface area (Å²) >= 11 is 0. The summed E-state index contributed by atoms with van der Waals surface area (Å²) in [5.74, 6) is -1.56. The maximum atomic E-state index is 13.2. The third-order valence-corrected chi connectivity index (χ3v) is 6.09. The summed E-state index contributed by atoms with van der Waals surface area (Å²) in [4.78, 5) is 64.0. The lowest BCUT2D eigenvalue weighted by molar-refractivity contribution is -0.143. The van der Waals surface area contributed by atoms with Crippen molar-refractivity contribution in [3.05, 3.63) is 59.7 Å². The molecule has 1 heterocycles. The van der Waals surface area contributed by atoms with E-state index in [9.17, 15) is 24.0 Å². The Morgan fingerprint density at radius 1 is 0.976 bits per heavy atom. The molecule has 1 fully saturated rings. The number of esters is 1. The maximum absolute atomic E-state index is 13.2. The van der Waals surface area contributed by atoms with Gasteiger partial charge in [0.25, 0.3) is 5.91 Å². The van der Waals surface area contributed by atoms with Crippen LogP contribution < -0.4 is 20.7 Å². The molecule has 42 heavy (non-hydrogen) atoms. The van der Waals surface area contributed by atoms with Crippen LogP contribution in [0.4, 0.5) is 10.5 Å². The van der Waals surface area contributed by atoms with Crippen LogP contribution in [0.1, 0.15) is 56.5 Å². The van der Waals surface area contributed by atoms with Crippen molar-refractivity contribution in [3.63, 3.8) is 0 Å². The number of nitrogens with one attached hydrogen (secondary N) is 3. The van der Waals surface area contributed by atoms with Crippen LogP contribution in [-0.2, 0) is 30.5 Å². The van der Waals surface area contributed by atoms with Crippen molar-refractivity contribution in [2.45, 2.75) is 58.8 Å². The highest BCUT2D eigenvalue weighted by Crippen LogP contribution is 2.24. The number of ether oxygens (including phenoxy) is 3. The van der Waals surface area contributed by atoms with Crippen molar-refractivity contribution < 1.29 is 38.2 Å². The first-order valence-corrected chi connectivity index (χ1v) is 13.8. The molecule has 0 bridgehead atoms. The summed E-state index contributed by atoms with van der Waals surface area (Å²) in [6, 6.07) is 13.1. The van der Waals surface area contributed by atoms with Gasteiger partial charge in [0.15, 0.2) is 0 Å². The number of hydrogen-bond donors (Lipinski definition) is 3. The van der Waals surface area contributed by atoms with Crippen LogP contribution in [0.25, 0.3) is 0 Å². The Morgan fingerprint density at radius 2 is 1.71 bits per heavy atom. The van der Waals surface area contributed by atoms with Gasteiger partial charge in [-0.15, -0.1) is 0 Å². The van der Waals surface area contributed by atoms with E-state index < -0.39 is 41.4 Å². The molecule has 3 N–H and O–H groups in total. The van der Waals surface area contributed by atoms with Crippen LogP contribution in [-0.4, -0.2) is 72.6 Å². The number of anilines is 1. The molecular weight excluding hydrogens is 544 g/mol. The van der Waals surface area contributed by atoms with E-state index in [1.165, 1.54) is 11.0 Å². The highest BCUT2D eigenvalue weighted by molar-refractivity contribution is 6.01. The minimum Gasteiger partial charge on any atom is -0.489 e. The van der Waals surface area contributed by atoms with Crippen molar-refractivity contribution in [2.75, 3.05) is 31.6 Å². The van der Waals surface area contributed by atoms with Gasteiger partial charge < -0.3 is 30.2 Å². The molecule has 4 amide bonds. The summed E-state index contributed by atoms with van der Waals surface area (Å²) in [5, 5.41) is 7.71. The molecule has 3 rings (SSSR count). The Hall–Kier alpha value is -4.61. The Kier molecular flexibility index (Phi) is 11.3. The van der Waals surface area contributed by atoms with Gasteiger partial charge in [-0.3, -0.25) is 24.1 Å². The first kappa shape index (κ1) is 31.9. The normalized spacial score (nSPS) is 14.5. The molecule has 1 aliphatic rings. The van der Waals surface area contributed by atoms with Crippen LogP contribution in [0.2, 0.25) is 0 Å². The van der Waals surface area contributed by atoms with E-state index in [1.807, 2.05) is 18.2 Å². The topological polar surface area (TPSA) is 152 Å². The third-order valence-electron chi connectivity index (χ3n) is 6.09. The molecule has 1 atom stereocenters. The van der Waals surface area contributed by atoms with Gasteiger partial charge in [-0.25, -0.2) is 4.79 Å². The molecule has 0 saturated carbocycles. The molecule has 0 unspecified atom stereocenters. The van der Waals surface area contributed by atoms with Gasteiger partial charge in [0.1, 0.15) is 30.5 Å². The van der Waals surface area contributed by atoms with Crippen molar-refractivity contribution in [2.24, 2.45) is 0 Å². The summed E-state index contributed by atoms with van der Waals surface area (Å²) in [6.45, 7) is 6.86. The molecular formula is C30H38N4O8. The molecule has 2 aromatic carbocycles. The predicted molar refractivity (Wildman–Crippen MR) is 154 cm³/mol. The van der Waals surface area contributed by atoms with E-state index >= 15 is 0 Å². The lowest BCUT2D eigenvalue weighted by Gasteiger charge is -2.28. The Labute approximate surface area is 245 Å². The maximum Gasteiger partial charge on any atom is 0.410 e. The van der Waals surface area contributed by atoms with Crippen molar-refractivity contribution in [1.29, 1.82) is 0 Å². The van der Waals surface area contributed by atoms with Crippen LogP contribution in [0.15, 0.2) is 48.5 Å². The van der Waals surface area contributed by atoms with Gasteiger partial charge in [-0.2, -0.15) is 0 Å². The van der Waals surface area contributed by atoms with Crippen molar-refractivity contribution in [1.82, 2.24) is 15.5 Å². The van der Waals surface area contributed by atoms with E-state index in [2.05, 4.69) is 16.0 Å². The summed E-state index contributed by atoms with van der Waals surface area (Å²) in [5.41, 5.74) is 0.322. The number of rotatable bonds is 11. The molecule has 1 saturated heterocycles. The third kappa shape index (κ3) is 9.79. The molecule has 0 radical (unpaired) electrons. The zero-order valence-electron chi connectivity index (χ0n) is 24.4. The van der Waals surface area contributed by atoms with Gasteiger partial charge in [0, 0.05) is 23.4 Å². The summed E-state index contributed by atoms with van der Waals surface area (Å²) < 4.78 is 16.0. The fourth-order valence-electron chi connectivity index (χ4n) is 4.17.